The van der Waals surface area contributed by atoms with Crippen LogP contribution in [0.15, 0.2) is 53.7 Å². The summed E-state index contributed by atoms with van der Waals surface area (Å²) in [6, 6.07) is 15.2. The first-order valence-corrected chi connectivity index (χ1v) is 10.5. The van der Waals surface area contributed by atoms with Crippen LogP contribution in [0.2, 0.25) is 5.02 Å². The van der Waals surface area contributed by atoms with E-state index in [-0.39, 0.29) is 24.0 Å². The zero-order valence-corrected chi connectivity index (χ0v) is 19.8. The molecule has 5 nitrogen and oxygen atoms in total. The molecule has 2 aliphatic rings. The van der Waals surface area contributed by atoms with E-state index in [9.17, 15) is 0 Å². The fraction of sp³-hybridized carbons (Fsp3) is 0.455. The van der Waals surface area contributed by atoms with Crippen LogP contribution >= 0.6 is 35.6 Å². The number of hydrogen-bond acceptors (Lipinski definition) is 3. The highest BCUT2D eigenvalue weighted by Gasteiger charge is 2.39. The Morgan fingerprint density at radius 3 is 2.69 bits per heavy atom. The molecule has 1 aromatic heterocycles. The van der Waals surface area contributed by atoms with Gasteiger partial charge in [0, 0.05) is 55.9 Å². The first kappa shape index (κ1) is 22.3. The molecule has 2 atom stereocenters. The standard InChI is InChI=1S/C22H28ClN5.HI/c1-24-22(27-21-14-20(21)16-5-4-6-17(23)13-16)26-18-8-11-28(12-9-18)15-19-7-2-3-10-25-19;/h2-7,10,13,18,20-21H,8-9,11-12,14-15H2,1H3,(H2,24,26,27);1H. The molecule has 1 aliphatic carbocycles. The molecule has 2 fully saturated rings. The quantitative estimate of drug-likeness (QED) is 0.352. The van der Waals surface area contributed by atoms with E-state index in [0.717, 1.165) is 55.6 Å². The summed E-state index contributed by atoms with van der Waals surface area (Å²) >= 11 is 6.12. The minimum atomic E-state index is 0. The molecule has 2 N–H and O–H groups in total. The normalized spacial score (nSPS) is 22.6. The van der Waals surface area contributed by atoms with Gasteiger partial charge in [0.25, 0.3) is 0 Å². The van der Waals surface area contributed by atoms with E-state index in [1.54, 1.807) is 0 Å². The number of hydrogen-bond donors (Lipinski definition) is 2. The predicted molar refractivity (Wildman–Crippen MR) is 130 cm³/mol. The fourth-order valence-corrected chi connectivity index (χ4v) is 4.15. The van der Waals surface area contributed by atoms with Gasteiger partial charge in [-0.05, 0) is 49.1 Å². The number of guanidine groups is 1. The molecule has 156 valence electrons. The number of benzene rings is 1. The van der Waals surface area contributed by atoms with Crippen molar-refractivity contribution < 1.29 is 0 Å². The molecule has 1 aliphatic heterocycles. The highest BCUT2D eigenvalue weighted by atomic mass is 127. The zero-order valence-electron chi connectivity index (χ0n) is 16.7. The second kappa shape index (κ2) is 10.6. The molecule has 0 radical (unpaired) electrons. The number of likely N-dealkylation sites (tertiary alicyclic amines) is 1. The lowest BCUT2D eigenvalue weighted by atomic mass is 10.0. The molecule has 0 bridgehead atoms. The summed E-state index contributed by atoms with van der Waals surface area (Å²) < 4.78 is 0. The SMILES string of the molecule is CN=C(NC1CCN(Cc2ccccn2)CC1)NC1CC1c1cccc(Cl)c1.I. The topological polar surface area (TPSA) is 52.6 Å². The van der Waals surface area contributed by atoms with Crippen molar-refractivity contribution in [1.82, 2.24) is 20.5 Å². The van der Waals surface area contributed by atoms with Crippen LogP contribution in [0.5, 0.6) is 0 Å². The summed E-state index contributed by atoms with van der Waals surface area (Å²) in [6.07, 6.45) is 5.24. The Balaban J connectivity index is 0.00000240. The number of nitrogens with zero attached hydrogens (tertiary/aromatic N) is 3. The largest absolute Gasteiger partial charge is 0.354 e. The van der Waals surface area contributed by atoms with Gasteiger partial charge in [0.1, 0.15) is 0 Å². The van der Waals surface area contributed by atoms with Crippen molar-refractivity contribution in [3.05, 3.63) is 64.9 Å². The Hall–Kier alpha value is -1.38. The highest BCUT2D eigenvalue weighted by Crippen LogP contribution is 2.41. The molecule has 2 unspecified atom stereocenters. The van der Waals surface area contributed by atoms with Gasteiger partial charge in [-0.25, -0.2) is 0 Å². The number of halogens is 2. The molecule has 4 rings (SSSR count). The van der Waals surface area contributed by atoms with Crippen LogP contribution < -0.4 is 10.6 Å². The average molecular weight is 526 g/mol. The number of rotatable bonds is 5. The molecule has 7 heteroatoms. The lowest BCUT2D eigenvalue weighted by Gasteiger charge is -2.32. The summed E-state index contributed by atoms with van der Waals surface area (Å²) in [4.78, 5) is 11.4. The first-order valence-electron chi connectivity index (χ1n) is 10.1. The van der Waals surface area contributed by atoms with Crippen molar-refractivity contribution in [3.63, 3.8) is 0 Å². The zero-order chi connectivity index (χ0) is 19.3. The van der Waals surface area contributed by atoms with E-state index < -0.39 is 0 Å². The van der Waals surface area contributed by atoms with Gasteiger partial charge in [0.05, 0.1) is 5.69 Å². The van der Waals surface area contributed by atoms with Crippen LogP contribution in [-0.4, -0.2) is 48.1 Å². The number of nitrogens with one attached hydrogen (secondary N) is 2. The second-order valence-corrected chi connectivity index (χ2v) is 8.17. The van der Waals surface area contributed by atoms with Gasteiger partial charge in [0.15, 0.2) is 5.96 Å². The van der Waals surface area contributed by atoms with Crippen LogP contribution in [0, 0.1) is 0 Å². The third-order valence-corrected chi connectivity index (χ3v) is 5.89. The van der Waals surface area contributed by atoms with Gasteiger partial charge in [-0.1, -0.05) is 29.8 Å². The second-order valence-electron chi connectivity index (χ2n) is 7.74. The number of piperidine rings is 1. The van der Waals surface area contributed by atoms with Crippen LogP contribution in [0.3, 0.4) is 0 Å². The Morgan fingerprint density at radius 2 is 2.00 bits per heavy atom. The first-order chi connectivity index (χ1) is 13.7. The molecule has 1 aromatic carbocycles. The summed E-state index contributed by atoms with van der Waals surface area (Å²) in [5.74, 6) is 1.44. The summed E-state index contributed by atoms with van der Waals surface area (Å²) in [6.45, 7) is 3.10. The van der Waals surface area contributed by atoms with Crippen LogP contribution in [0.25, 0.3) is 0 Å². The molecule has 29 heavy (non-hydrogen) atoms. The Bertz CT molecular complexity index is 808. The molecule has 1 saturated heterocycles. The fourth-order valence-electron chi connectivity index (χ4n) is 3.96. The van der Waals surface area contributed by atoms with Gasteiger partial charge in [-0.3, -0.25) is 14.9 Å². The lowest BCUT2D eigenvalue weighted by Crippen LogP contribution is -2.49. The molecule has 0 spiro atoms. The third kappa shape index (κ3) is 6.30. The van der Waals surface area contributed by atoms with Crippen molar-refractivity contribution in [2.45, 2.75) is 43.8 Å². The summed E-state index contributed by atoms with van der Waals surface area (Å²) in [7, 11) is 1.85. The van der Waals surface area contributed by atoms with Gasteiger partial charge in [-0.2, -0.15) is 0 Å². The van der Waals surface area contributed by atoms with Crippen molar-refractivity contribution in [2.24, 2.45) is 4.99 Å². The van der Waals surface area contributed by atoms with E-state index in [2.05, 4.69) is 49.8 Å². The molecule has 2 heterocycles. The van der Waals surface area contributed by atoms with Crippen LogP contribution in [-0.2, 0) is 6.54 Å². The van der Waals surface area contributed by atoms with E-state index in [4.69, 9.17) is 11.6 Å². The lowest BCUT2D eigenvalue weighted by molar-refractivity contribution is 0.196. The highest BCUT2D eigenvalue weighted by molar-refractivity contribution is 14.0. The Kier molecular flexibility index (Phi) is 8.15. The average Bonchev–Trinajstić information content (AvgIpc) is 3.49. The molecular weight excluding hydrogens is 497 g/mol. The predicted octanol–water partition coefficient (Wildman–Crippen LogP) is 4.04. The van der Waals surface area contributed by atoms with Crippen LogP contribution in [0.4, 0.5) is 0 Å². The van der Waals surface area contributed by atoms with E-state index in [1.807, 2.05) is 31.4 Å². The molecule has 0 amide bonds. The monoisotopic (exact) mass is 525 g/mol. The third-order valence-electron chi connectivity index (χ3n) is 5.65. The van der Waals surface area contributed by atoms with Crippen molar-refractivity contribution in [3.8, 4) is 0 Å². The molecule has 2 aromatic rings. The van der Waals surface area contributed by atoms with Gasteiger partial charge in [0.2, 0.25) is 0 Å². The number of aromatic nitrogens is 1. The van der Waals surface area contributed by atoms with Crippen LogP contribution in [0.1, 0.15) is 36.4 Å². The maximum Gasteiger partial charge on any atom is 0.191 e. The van der Waals surface area contributed by atoms with Gasteiger partial charge >= 0.3 is 0 Å². The van der Waals surface area contributed by atoms with E-state index in [1.165, 1.54) is 5.56 Å². The van der Waals surface area contributed by atoms with Gasteiger partial charge in [-0.15, -0.1) is 24.0 Å². The molecular formula is C22H29ClIN5. The van der Waals surface area contributed by atoms with Crippen molar-refractivity contribution >= 4 is 41.5 Å². The summed E-state index contributed by atoms with van der Waals surface area (Å²) in [5, 5.41) is 8.00. The smallest absolute Gasteiger partial charge is 0.191 e. The maximum atomic E-state index is 6.12. The number of pyridine rings is 1. The van der Waals surface area contributed by atoms with Crippen molar-refractivity contribution in [2.75, 3.05) is 20.1 Å². The van der Waals surface area contributed by atoms with Crippen molar-refractivity contribution in [1.29, 1.82) is 0 Å². The van der Waals surface area contributed by atoms with E-state index in [0.29, 0.717) is 18.0 Å². The minimum absolute atomic E-state index is 0. The minimum Gasteiger partial charge on any atom is -0.354 e. The number of aliphatic imine (C=N–C) groups is 1. The Labute approximate surface area is 195 Å². The summed E-state index contributed by atoms with van der Waals surface area (Å²) in [5.41, 5.74) is 2.45. The maximum absolute atomic E-state index is 6.12. The Morgan fingerprint density at radius 1 is 1.17 bits per heavy atom. The van der Waals surface area contributed by atoms with E-state index >= 15 is 0 Å². The van der Waals surface area contributed by atoms with Gasteiger partial charge < -0.3 is 10.6 Å². The molecule has 1 saturated carbocycles.